The fraction of sp³-hybridized carbons (Fsp3) is 0.130. The molecule has 0 saturated carbocycles. The molecule has 0 aliphatic heterocycles. The van der Waals surface area contributed by atoms with E-state index in [9.17, 15) is 31.1 Å². The molecule has 0 fully saturated rings. The Bertz CT molecular complexity index is 1400. The summed E-state index contributed by atoms with van der Waals surface area (Å²) in [5.74, 6) is -0.0982. The summed E-state index contributed by atoms with van der Waals surface area (Å²) in [5.41, 5.74) is -3.21. The van der Waals surface area contributed by atoms with E-state index in [4.69, 9.17) is 0 Å². The molecule has 0 amide bonds. The van der Waals surface area contributed by atoms with Gasteiger partial charge in [-0.1, -0.05) is 12.1 Å². The number of fused-ring (bicyclic) bond motifs is 1. The van der Waals surface area contributed by atoms with E-state index in [1.807, 2.05) is 18.4 Å². The highest BCUT2D eigenvalue weighted by molar-refractivity contribution is 7.11. The fourth-order valence-electron chi connectivity index (χ4n) is 3.28. The first-order valence-corrected chi connectivity index (χ1v) is 10.4. The van der Waals surface area contributed by atoms with Crippen LogP contribution in [0.5, 0.6) is 0 Å². The number of para-hydroxylation sites is 1. The van der Waals surface area contributed by atoms with Crippen molar-refractivity contribution in [2.75, 3.05) is 0 Å². The van der Waals surface area contributed by atoms with E-state index in [0.717, 1.165) is 15.0 Å². The van der Waals surface area contributed by atoms with E-state index < -0.39 is 34.7 Å². The van der Waals surface area contributed by atoms with Gasteiger partial charge in [0.1, 0.15) is 5.82 Å². The third-order valence-corrected chi connectivity index (χ3v) is 5.90. The smallest absolute Gasteiger partial charge is 0.268 e. The highest BCUT2D eigenvalue weighted by Crippen LogP contribution is 2.37. The Morgan fingerprint density at radius 3 is 2.12 bits per heavy atom. The lowest BCUT2D eigenvalue weighted by molar-refractivity contribution is -0.143. The summed E-state index contributed by atoms with van der Waals surface area (Å²) in [6, 6.07) is 9.02. The first-order valence-electron chi connectivity index (χ1n) is 9.49. The van der Waals surface area contributed by atoms with Crippen molar-refractivity contribution in [3.05, 3.63) is 91.7 Å². The largest absolute Gasteiger partial charge is 0.416 e. The van der Waals surface area contributed by atoms with Gasteiger partial charge in [0.2, 0.25) is 0 Å². The SMILES string of the molecule is Cc1ccsc1C=Cc1nc2ccccc2c(=O)n1-c1cc(C(F)(F)F)cc(C(F)(F)F)c1. The molecule has 0 aliphatic rings. The van der Waals surface area contributed by atoms with Crippen LogP contribution in [-0.4, -0.2) is 9.55 Å². The number of alkyl halides is 6. The molecule has 0 N–H and O–H groups in total. The van der Waals surface area contributed by atoms with Crippen LogP contribution in [0.2, 0.25) is 0 Å². The third-order valence-electron chi connectivity index (χ3n) is 4.92. The van der Waals surface area contributed by atoms with Crippen LogP contribution in [-0.2, 0) is 12.4 Å². The molecule has 0 spiro atoms. The van der Waals surface area contributed by atoms with Crippen LogP contribution in [0.15, 0.2) is 58.7 Å². The highest BCUT2D eigenvalue weighted by atomic mass is 32.1. The lowest BCUT2D eigenvalue weighted by atomic mass is 10.1. The zero-order chi connectivity index (χ0) is 24.0. The van der Waals surface area contributed by atoms with Crippen LogP contribution in [0, 0.1) is 6.92 Å². The maximum atomic E-state index is 13.4. The van der Waals surface area contributed by atoms with Gasteiger partial charge in [0, 0.05) is 4.88 Å². The fourth-order valence-corrected chi connectivity index (χ4v) is 4.10. The molecule has 2 aromatic heterocycles. The van der Waals surface area contributed by atoms with E-state index in [-0.39, 0.29) is 22.8 Å². The summed E-state index contributed by atoms with van der Waals surface area (Å²) in [5, 5.41) is 1.89. The number of nitrogens with zero attached hydrogens (tertiary/aromatic N) is 2. The minimum atomic E-state index is -5.05. The van der Waals surface area contributed by atoms with E-state index in [1.54, 1.807) is 18.2 Å². The van der Waals surface area contributed by atoms with Crippen molar-refractivity contribution in [3.63, 3.8) is 0 Å². The molecule has 2 aromatic carbocycles. The maximum Gasteiger partial charge on any atom is 0.416 e. The second-order valence-electron chi connectivity index (χ2n) is 7.19. The quantitative estimate of drug-likeness (QED) is 0.297. The summed E-state index contributed by atoms with van der Waals surface area (Å²) in [6.07, 6.45) is -7.08. The van der Waals surface area contributed by atoms with Crippen LogP contribution in [0.25, 0.3) is 28.7 Å². The van der Waals surface area contributed by atoms with Crippen LogP contribution in [0.3, 0.4) is 0 Å². The Morgan fingerprint density at radius 2 is 1.55 bits per heavy atom. The van der Waals surface area contributed by atoms with Crippen molar-refractivity contribution in [2.45, 2.75) is 19.3 Å². The van der Waals surface area contributed by atoms with Gasteiger partial charge in [0.05, 0.1) is 27.7 Å². The van der Waals surface area contributed by atoms with Crippen LogP contribution >= 0.6 is 11.3 Å². The molecule has 10 heteroatoms. The third kappa shape index (κ3) is 4.56. The van der Waals surface area contributed by atoms with Crippen LogP contribution < -0.4 is 5.56 Å². The molecule has 170 valence electrons. The average Bonchev–Trinajstić information content (AvgIpc) is 3.15. The molecule has 4 rings (SSSR count). The molecule has 0 unspecified atom stereocenters. The number of benzene rings is 2. The molecular weight excluding hydrogens is 466 g/mol. The summed E-state index contributed by atoms with van der Waals surface area (Å²) >= 11 is 1.39. The first-order chi connectivity index (χ1) is 15.4. The van der Waals surface area contributed by atoms with E-state index >= 15 is 0 Å². The molecule has 0 saturated heterocycles. The number of halogens is 6. The average molecular weight is 480 g/mol. The lowest BCUT2D eigenvalue weighted by Crippen LogP contribution is -2.23. The van der Waals surface area contributed by atoms with Gasteiger partial charge in [-0.25, -0.2) is 4.98 Å². The zero-order valence-corrected chi connectivity index (χ0v) is 17.6. The maximum absolute atomic E-state index is 13.4. The lowest BCUT2D eigenvalue weighted by Gasteiger charge is -2.17. The minimum Gasteiger partial charge on any atom is -0.268 e. The zero-order valence-electron chi connectivity index (χ0n) is 16.8. The number of hydrogen-bond acceptors (Lipinski definition) is 3. The molecule has 0 aliphatic carbocycles. The number of rotatable bonds is 3. The summed E-state index contributed by atoms with van der Waals surface area (Å²) < 4.78 is 81.2. The van der Waals surface area contributed by atoms with Crippen molar-refractivity contribution in [1.82, 2.24) is 9.55 Å². The second-order valence-corrected chi connectivity index (χ2v) is 8.14. The van der Waals surface area contributed by atoms with Crippen molar-refractivity contribution >= 4 is 34.4 Å². The standard InChI is InChI=1S/C23H14F6N2OS/c1-13-8-9-33-19(13)6-7-20-30-18-5-3-2-4-17(18)21(32)31(20)16-11-14(22(24,25)26)10-15(12-16)23(27,28)29/h2-12H,1H3. The molecule has 4 aromatic rings. The molecule has 33 heavy (non-hydrogen) atoms. The Balaban J connectivity index is 2.04. The van der Waals surface area contributed by atoms with Gasteiger partial charge in [0.25, 0.3) is 5.56 Å². The second kappa shape index (κ2) is 8.18. The van der Waals surface area contributed by atoms with Gasteiger partial charge >= 0.3 is 12.4 Å². The van der Waals surface area contributed by atoms with Gasteiger partial charge in [-0.15, -0.1) is 11.3 Å². The van der Waals surface area contributed by atoms with Crippen molar-refractivity contribution in [2.24, 2.45) is 0 Å². The monoisotopic (exact) mass is 480 g/mol. The summed E-state index contributed by atoms with van der Waals surface area (Å²) in [6.45, 7) is 1.85. The van der Waals surface area contributed by atoms with Crippen molar-refractivity contribution < 1.29 is 26.3 Å². The van der Waals surface area contributed by atoms with E-state index in [1.165, 1.54) is 29.5 Å². The number of aromatic nitrogens is 2. The molecule has 2 heterocycles. The highest BCUT2D eigenvalue weighted by Gasteiger charge is 2.37. The Morgan fingerprint density at radius 1 is 0.909 bits per heavy atom. The van der Waals surface area contributed by atoms with Gasteiger partial charge in [-0.05, 0) is 66.4 Å². The molecule has 0 radical (unpaired) electrons. The van der Waals surface area contributed by atoms with Crippen LogP contribution in [0.1, 0.15) is 27.4 Å². The Labute approximate surface area is 187 Å². The molecule has 0 bridgehead atoms. The molecule has 3 nitrogen and oxygen atoms in total. The van der Waals surface area contributed by atoms with Crippen molar-refractivity contribution in [3.8, 4) is 5.69 Å². The Kier molecular flexibility index (Phi) is 5.65. The topological polar surface area (TPSA) is 34.9 Å². The predicted molar refractivity (Wildman–Crippen MR) is 115 cm³/mol. The van der Waals surface area contributed by atoms with Gasteiger partial charge < -0.3 is 0 Å². The molecule has 0 atom stereocenters. The summed E-state index contributed by atoms with van der Waals surface area (Å²) in [7, 11) is 0. The Hall–Kier alpha value is -3.40. The predicted octanol–water partition coefficient (Wildman–Crippen LogP) is 6.96. The van der Waals surface area contributed by atoms with Gasteiger partial charge in [0.15, 0.2) is 0 Å². The van der Waals surface area contributed by atoms with Gasteiger partial charge in [-0.2, -0.15) is 26.3 Å². The number of hydrogen-bond donors (Lipinski definition) is 0. The van der Waals surface area contributed by atoms with Crippen LogP contribution in [0.4, 0.5) is 26.3 Å². The first kappa shape index (κ1) is 22.8. The number of thiophene rings is 1. The number of aryl methyl sites for hydroxylation is 1. The van der Waals surface area contributed by atoms with Crippen molar-refractivity contribution in [1.29, 1.82) is 0 Å². The molecular formula is C23H14F6N2OS. The minimum absolute atomic E-state index is 0.0214. The van der Waals surface area contributed by atoms with E-state index in [2.05, 4.69) is 4.98 Å². The summed E-state index contributed by atoms with van der Waals surface area (Å²) in [4.78, 5) is 18.4. The normalized spacial score (nSPS) is 12.7. The van der Waals surface area contributed by atoms with Gasteiger partial charge in [-0.3, -0.25) is 9.36 Å². The van der Waals surface area contributed by atoms with E-state index in [0.29, 0.717) is 12.1 Å².